The fourth-order valence-electron chi connectivity index (χ4n) is 3.21. The summed E-state index contributed by atoms with van der Waals surface area (Å²) in [7, 11) is 1.69. The molecule has 2 aromatic carbocycles. The molecule has 0 spiro atoms. The molecule has 0 bridgehead atoms. The summed E-state index contributed by atoms with van der Waals surface area (Å²) in [6.45, 7) is 6.29. The van der Waals surface area contributed by atoms with E-state index in [4.69, 9.17) is 9.47 Å². The largest absolute Gasteiger partial charge is 0.496 e. The third-order valence-electron chi connectivity index (χ3n) is 4.70. The zero-order chi connectivity index (χ0) is 18.4. The molecule has 0 N–H and O–H groups in total. The maximum Gasteiger partial charge on any atom is 0.260 e. The molecule has 0 aliphatic carbocycles. The Kier molecular flexibility index (Phi) is 6.12. The Labute approximate surface area is 155 Å². The molecule has 0 aromatic heterocycles. The Hall–Kier alpha value is -2.53. The maximum atomic E-state index is 12.3. The summed E-state index contributed by atoms with van der Waals surface area (Å²) in [5.41, 5.74) is 2.42. The quantitative estimate of drug-likeness (QED) is 0.800. The predicted molar refractivity (Wildman–Crippen MR) is 102 cm³/mol. The Morgan fingerprint density at radius 2 is 1.77 bits per heavy atom. The molecule has 1 heterocycles. The van der Waals surface area contributed by atoms with Crippen LogP contribution in [0.25, 0.3) is 0 Å². The van der Waals surface area contributed by atoms with Gasteiger partial charge in [0.1, 0.15) is 11.5 Å². The maximum absolute atomic E-state index is 12.3. The first-order chi connectivity index (χ1) is 12.7. The summed E-state index contributed by atoms with van der Waals surface area (Å²) in [5, 5.41) is 0. The van der Waals surface area contributed by atoms with Crippen LogP contribution >= 0.6 is 0 Å². The second-order valence-electron chi connectivity index (χ2n) is 6.56. The topological polar surface area (TPSA) is 42.0 Å². The highest BCUT2D eigenvalue weighted by atomic mass is 16.5. The molecule has 1 aliphatic heterocycles. The van der Waals surface area contributed by atoms with Crippen LogP contribution in [0.4, 0.5) is 0 Å². The van der Waals surface area contributed by atoms with Gasteiger partial charge < -0.3 is 14.4 Å². The van der Waals surface area contributed by atoms with Gasteiger partial charge in [-0.3, -0.25) is 9.69 Å². The zero-order valence-electron chi connectivity index (χ0n) is 15.5. The van der Waals surface area contributed by atoms with Crippen molar-refractivity contribution in [1.29, 1.82) is 0 Å². The molecule has 5 nitrogen and oxygen atoms in total. The highest BCUT2D eigenvalue weighted by molar-refractivity contribution is 5.77. The lowest BCUT2D eigenvalue weighted by Gasteiger charge is -2.34. The molecule has 1 saturated heterocycles. The van der Waals surface area contributed by atoms with E-state index in [1.165, 1.54) is 5.56 Å². The van der Waals surface area contributed by atoms with E-state index in [1.807, 2.05) is 41.3 Å². The molecule has 0 atom stereocenters. The van der Waals surface area contributed by atoms with Gasteiger partial charge in [-0.05, 0) is 36.2 Å². The van der Waals surface area contributed by atoms with Crippen LogP contribution in [-0.2, 0) is 11.3 Å². The van der Waals surface area contributed by atoms with E-state index in [-0.39, 0.29) is 12.5 Å². The second kappa shape index (κ2) is 8.72. The van der Waals surface area contributed by atoms with E-state index in [2.05, 4.69) is 24.0 Å². The fraction of sp³-hybridized carbons (Fsp3) is 0.381. The van der Waals surface area contributed by atoms with Crippen LogP contribution in [0.15, 0.2) is 48.5 Å². The van der Waals surface area contributed by atoms with Gasteiger partial charge in [-0.2, -0.15) is 0 Å². The number of ether oxygens (including phenoxy) is 2. The van der Waals surface area contributed by atoms with Gasteiger partial charge in [-0.15, -0.1) is 0 Å². The number of aryl methyl sites for hydroxylation is 1. The first-order valence-electron chi connectivity index (χ1n) is 8.97. The molecule has 5 heteroatoms. The minimum absolute atomic E-state index is 0.0498. The van der Waals surface area contributed by atoms with E-state index in [0.29, 0.717) is 0 Å². The lowest BCUT2D eigenvalue weighted by molar-refractivity contribution is -0.135. The van der Waals surface area contributed by atoms with Crippen molar-refractivity contribution in [3.05, 3.63) is 59.7 Å². The Morgan fingerprint density at radius 1 is 1.04 bits per heavy atom. The van der Waals surface area contributed by atoms with E-state index >= 15 is 0 Å². The fourth-order valence-corrected chi connectivity index (χ4v) is 3.21. The van der Waals surface area contributed by atoms with E-state index in [1.54, 1.807) is 7.11 Å². The van der Waals surface area contributed by atoms with Crippen molar-refractivity contribution >= 4 is 5.91 Å². The Morgan fingerprint density at radius 3 is 2.42 bits per heavy atom. The number of hydrogen-bond donors (Lipinski definition) is 0. The molecular formula is C21H26N2O3. The third kappa shape index (κ3) is 4.76. The standard InChI is InChI=1S/C21H26N2O3/c1-17-14-18(8-9-20(17)25-2)15-22-10-12-23(13-11-22)21(24)16-26-19-6-4-3-5-7-19/h3-9,14H,10-13,15-16H2,1-2H3. The minimum atomic E-state index is 0.0498. The minimum Gasteiger partial charge on any atom is -0.496 e. The molecule has 0 radical (unpaired) electrons. The molecule has 26 heavy (non-hydrogen) atoms. The summed E-state index contributed by atoms with van der Waals surface area (Å²) in [6, 6.07) is 15.8. The van der Waals surface area contributed by atoms with Crippen molar-refractivity contribution in [2.45, 2.75) is 13.5 Å². The highest BCUT2D eigenvalue weighted by Gasteiger charge is 2.21. The number of carbonyl (C=O) groups is 1. The number of benzene rings is 2. The van der Waals surface area contributed by atoms with Gasteiger partial charge in [0.25, 0.3) is 5.91 Å². The molecule has 1 amide bonds. The summed E-state index contributed by atoms with van der Waals surface area (Å²) in [4.78, 5) is 16.6. The van der Waals surface area contributed by atoms with Crippen LogP contribution < -0.4 is 9.47 Å². The molecule has 3 rings (SSSR count). The summed E-state index contributed by atoms with van der Waals surface area (Å²) >= 11 is 0. The van der Waals surface area contributed by atoms with E-state index in [9.17, 15) is 4.79 Å². The van der Waals surface area contributed by atoms with Crippen LogP contribution in [-0.4, -0.2) is 55.6 Å². The van der Waals surface area contributed by atoms with Crippen molar-refractivity contribution in [3.63, 3.8) is 0 Å². The predicted octanol–water partition coefficient (Wildman–Crippen LogP) is 2.73. The molecule has 2 aromatic rings. The third-order valence-corrected chi connectivity index (χ3v) is 4.70. The van der Waals surface area contributed by atoms with Gasteiger partial charge in [0.2, 0.25) is 0 Å². The molecular weight excluding hydrogens is 328 g/mol. The van der Waals surface area contributed by atoms with Gasteiger partial charge in [0.05, 0.1) is 7.11 Å². The first kappa shape index (κ1) is 18.3. The van der Waals surface area contributed by atoms with Crippen molar-refractivity contribution in [3.8, 4) is 11.5 Å². The van der Waals surface area contributed by atoms with Crippen molar-refractivity contribution in [1.82, 2.24) is 9.80 Å². The zero-order valence-corrected chi connectivity index (χ0v) is 15.5. The number of hydrogen-bond acceptors (Lipinski definition) is 4. The number of nitrogens with zero attached hydrogens (tertiary/aromatic N) is 2. The average molecular weight is 354 g/mol. The number of amides is 1. The Bertz CT molecular complexity index is 725. The van der Waals surface area contributed by atoms with Crippen molar-refractivity contribution in [2.24, 2.45) is 0 Å². The van der Waals surface area contributed by atoms with Crippen LogP contribution in [0.3, 0.4) is 0 Å². The normalized spacial score (nSPS) is 14.9. The van der Waals surface area contributed by atoms with E-state index in [0.717, 1.165) is 49.8 Å². The van der Waals surface area contributed by atoms with Gasteiger partial charge in [-0.1, -0.05) is 30.3 Å². The molecule has 0 unspecified atom stereocenters. The smallest absolute Gasteiger partial charge is 0.260 e. The lowest BCUT2D eigenvalue weighted by atomic mass is 10.1. The summed E-state index contributed by atoms with van der Waals surface area (Å²) < 4.78 is 10.9. The molecule has 138 valence electrons. The van der Waals surface area contributed by atoms with Crippen LogP contribution in [0.2, 0.25) is 0 Å². The average Bonchev–Trinajstić information content (AvgIpc) is 2.68. The van der Waals surface area contributed by atoms with Crippen LogP contribution in [0.1, 0.15) is 11.1 Å². The number of piperazine rings is 1. The SMILES string of the molecule is COc1ccc(CN2CCN(C(=O)COc3ccccc3)CC2)cc1C. The van der Waals surface area contributed by atoms with Crippen molar-refractivity contribution in [2.75, 3.05) is 39.9 Å². The number of methoxy groups -OCH3 is 1. The second-order valence-corrected chi connectivity index (χ2v) is 6.56. The van der Waals surface area contributed by atoms with Gasteiger partial charge >= 0.3 is 0 Å². The van der Waals surface area contributed by atoms with Crippen LogP contribution in [0, 0.1) is 6.92 Å². The van der Waals surface area contributed by atoms with Gasteiger partial charge in [-0.25, -0.2) is 0 Å². The first-order valence-corrected chi connectivity index (χ1v) is 8.97. The summed E-state index contributed by atoms with van der Waals surface area (Å²) in [5.74, 6) is 1.70. The molecule has 0 saturated carbocycles. The number of carbonyl (C=O) groups excluding carboxylic acids is 1. The summed E-state index contributed by atoms with van der Waals surface area (Å²) in [6.07, 6.45) is 0. The van der Waals surface area contributed by atoms with E-state index < -0.39 is 0 Å². The number of para-hydroxylation sites is 1. The molecule has 1 fully saturated rings. The Balaban J connectivity index is 1.45. The highest BCUT2D eigenvalue weighted by Crippen LogP contribution is 2.20. The van der Waals surface area contributed by atoms with Crippen LogP contribution in [0.5, 0.6) is 11.5 Å². The monoisotopic (exact) mass is 354 g/mol. The van der Waals surface area contributed by atoms with Gasteiger partial charge in [0, 0.05) is 32.7 Å². The van der Waals surface area contributed by atoms with Crippen molar-refractivity contribution < 1.29 is 14.3 Å². The number of rotatable bonds is 6. The lowest BCUT2D eigenvalue weighted by Crippen LogP contribution is -2.49. The molecule has 1 aliphatic rings. The van der Waals surface area contributed by atoms with Gasteiger partial charge in [0.15, 0.2) is 6.61 Å².